The predicted octanol–water partition coefficient (Wildman–Crippen LogP) is 4.76. The van der Waals surface area contributed by atoms with Crippen LogP contribution in [0.5, 0.6) is 17.4 Å². The van der Waals surface area contributed by atoms with E-state index in [1.165, 1.54) is 13.2 Å². The number of alkyl halides is 3. The van der Waals surface area contributed by atoms with Crippen LogP contribution >= 0.6 is 0 Å². The van der Waals surface area contributed by atoms with Crippen molar-refractivity contribution in [2.45, 2.75) is 13.1 Å². The van der Waals surface area contributed by atoms with Crippen LogP contribution in [0.2, 0.25) is 0 Å². The highest BCUT2D eigenvalue weighted by atomic mass is 19.4. The molecule has 7 heteroatoms. The van der Waals surface area contributed by atoms with Gasteiger partial charge < -0.3 is 9.47 Å². The number of fused-ring (bicyclic) bond motifs is 1. The molecule has 0 saturated carbocycles. The molecule has 0 aliphatic heterocycles. The third-order valence-electron chi connectivity index (χ3n) is 3.35. The lowest BCUT2D eigenvalue weighted by molar-refractivity contribution is -0.144. The van der Waals surface area contributed by atoms with Crippen LogP contribution in [0.3, 0.4) is 0 Å². The Bertz CT molecular complexity index is 895. The van der Waals surface area contributed by atoms with Gasteiger partial charge in [-0.15, -0.1) is 0 Å². The number of hydrogen-bond donors (Lipinski definition) is 0. The topological polar surface area (TPSA) is 44.2 Å². The first-order valence-corrected chi connectivity index (χ1v) is 7.05. The van der Waals surface area contributed by atoms with E-state index in [0.717, 1.165) is 5.56 Å². The van der Waals surface area contributed by atoms with Crippen molar-refractivity contribution >= 4 is 10.9 Å². The molecule has 124 valence electrons. The number of nitrogens with zero attached hydrogens (tertiary/aromatic N) is 2. The molecule has 0 amide bonds. The molecule has 0 aliphatic carbocycles. The Balaban J connectivity index is 2.15. The van der Waals surface area contributed by atoms with Crippen LogP contribution in [0.4, 0.5) is 13.2 Å². The summed E-state index contributed by atoms with van der Waals surface area (Å²) in [7, 11) is 1.46. The second-order valence-electron chi connectivity index (χ2n) is 5.12. The molecule has 0 radical (unpaired) electrons. The molecule has 1 heterocycles. The number of para-hydroxylation sites is 1. The molecule has 2 aromatic carbocycles. The molecule has 0 N–H and O–H groups in total. The van der Waals surface area contributed by atoms with Gasteiger partial charge in [-0.2, -0.15) is 18.2 Å². The highest BCUT2D eigenvalue weighted by molar-refractivity contribution is 5.83. The van der Waals surface area contributed by atoms with Gasteiger partial charge in [0.1, 0.15) is 0 Å². The number of benzene rings is 2. The number of aryl methyl sites for hydroxylation is 1. The van der Waals surface area contributed by atoms with Crippen molar-refractivity contribution in [2.75, 3.05) is 7.11 Å². The second kappa shape index (κ2) is 5.99. The molecule has 24 heavy (non-hydrogen) atoms. The molecule has 1 aromatic heterocycles. The first-order chi connectivity index (χ1) is 11.4. The average molecular weight is 334 g/mol. The van der Waals surface area contributed by atoms with Crippen molar-refractivity contribution in [3.8, 4) is 17.4 Å². The minimum absolute atomic E-state index is 0.154. The molecule has 0 spiro atoms. The second-order valence-corrected chi connectivity index (χ2v) is 5.12. The molecule has 0 fully saturated rings. The molecule has 4 nitrogen and oxygen atoms in total. The van der Waals surface area contributed by atoms with Gasteiger partial charge >= 0.3 is 6.18 Å². The highest BCUT2D eigenvalue weighted by Gasteiger charge is 2.36. The Morgan fingerprint density at radius 2 is 1.71 bits per heavy atom. The van der Waals surface area contributed by atoms with Gasteiger partial charge in [0.25, 0.3) is 0 Å². The van der Waals surface area contributed by atoms with E-state index < -0.39 is 12.0 Å². The summed E-state index contributed by atoms with van der Waals surface area (Å²) in [4.78, 5) is 7.11. The molecule has 3 rings (SSSR count). The molecule has 0 atom stereocenters. The largest absolute Gasteiger partial charge is 0.493 e. The molecular formula is C17H13F3N2O2. The van der Waals surface area contributed by atoms with E-state index in [4.69, 9.17) is 9.47 Å². The number of hydrogen-bond acceptors (Lipinski definition) is 4. The van der Waals surface area contributed by atoms with Crippen LogP contribution in [0.25, 0.3) is 10.9 Å². The number of aromatic nitrogens is 2. The Morgan fingerprint density at radius 1 is 0.958 bits per heavy atom. The van der Waals surface area contributed by atoms with Crippen molar-refractivity contribution in [3.63, 3.8) is 0 Å². The zero-order valence-electron chi connectivity index (χ0n) is 12.9. The van der Waals surface area contributed by atoms with Gasteiger partial charge in [0.2, 0.25) is 11.7 Å². The minimum atomic E-state index is -4.67. The lowest BCUT2D eigenvalue weighted by Crippen LogP contribution is -2.12. The SMILES string of the molecule is COc1cc(C)ccc1Oc1nc(C(F)(F)F)nc2ccccc12. The average Bonchev–Trinajstić information content (AvgIpc) is 2.55. The Hall–Kier alpha value is -2.83. The van der Waals surface area contributed by atoms with E-state index in [2.05, 4.69) is 9.97 Å². The van der Waals surface area contributed by atoms with E-state index in [1.807, 2.05) is 6.92 Å². The fourth-order valence-corrected chi connectivity index (χ4v) is 2.22. The lowest BCUT2D eigenvalue weighted by Gasteiger charge is -2.13. The molecule has 0 aliphatic rings. The fraction of sp³-hybridized carbons (Fsp3) is 0.176. The van der Waals surface area contributed by atoms with Crippen molar-refractivity contribution in [3.05, 3.63) is 53.9 Å². The van der Waals surface area contributed by atoms with Crippen LogP contribution < -0.4 is 9.47 Å². The minimum Gasteiger partial charge on any atom is -0.493 e. The molecule has 0 unspecified atom stereocenters. The van der Waals surface area contributed by atoms with E-state index in [1.54, 1.807) is 36.4 Å². The third kappa shape index (κ3) is 3.10. The lowest BCUT2D eigenvalue weighted by atomic mass is 10.2. The number of rotatable bonds is 3. The van der Waals surface area contributed by atoms with Crippen molar-refractivity contribution in [1.82, 2.24) is 9.97 Å². The zero-order valence-corrected chi connectivity index (χ0v) is 12.9. The summed E-state index contributed by atoms with van der Waals surface area (Å²) in [5, 5.41) is 0.383. The van der Waals surface area contributed by atoms with Crippen LogP contribution in [-0.4, -0.2) is 17.1 Å². The van der Waals surface area contributed by atoms with Crippen molar-refractivity contribution in [1.29, 1.82) is 0 Å². The van der Waals surface area contributed by atoms with Crippen LogP contribution in [-0.2, 0) is 6.18 Å². The van der Waals surface area contributed by atoms with Gasteiger partial charge in [-0.1, -0.05) is 18.2 Å². The smallest absolute Gasteiger partial charge is 0.451 e. The fourth-order valence-electron chi connectivity index (χ4n) is 2.22. The van der Waals surface area contributed by atoms with Gasteiger partial charge in [-0.05, 0) is 36.8 Å². The molecule has 3 aromatic rings. The maximum absolute atomic E-state index is 13.0. The van der Waals surface area contributed by atoms with Gasteiger partial charge in [0.05, 0.1) is 18.0 Å². The third-order valence-corrected chi connectivity index (χ3v) is 3.35. The van der Waals surface area contributed by atoms with Crippen LogP contribution in [0.15, 0.2) is 42.5 Å². The number of ether oxygens (including phenoxy) is 2. The zero-order chi connectivity index (χ0) is 17.3. The molecule has 0 saturated heterocycles. The number of halogens is 3. The Morgan fingerprint density at radius 3 is 2.42 bits per heavy atom. The van der Waals surface area contributed by atoms with Crippen LogP contribution in [0, 0.1) is 6.92 Å². The Labute approximate surface area is 135 Å². The quantitative estimate of drug-likeness (QED) is 0.693. The van der Waals surface area contributed by atoms with E-state index in [0.29, 0.717) is 11.1 Å². The summed E-state index contributed by atoms with van der Waals surface area (Å²) in [5.74, 6) is -0.733. The highest BCUT2D eigenvalue weighted by Crippen LogP contribution is 2.36. The monoisotopic (exact) mass is 334 g/mol. The first-order valence-electron chi connectivity index (χ1n) is 7.05. The Kier molecular flexibility index (Phi) is 4.01. The summed E-state index contributed by atoms with van der Waals surface area (Å²) in [6.07, 6.45) is -4.67. The van der Waals surface area contributed by atoms with E-state index >= 15 is 0 Å². The standard InChI is InChI=1S/C17H13F3N2O2/c1-10-7-8-13(14(9-10)23-2)24-15-11-5-3-4-6-12(11)21-16(22-15)17(18,19)20/h3-9H,1-2H3. The number of methoxy groups -OCH3 is 1. The van der Waals surface area contributed by atoms with Crippen molar-refractivity contribution in [2.24, 2.45) is 0 Å². The van der Waals surface area contributed by atoms with E-state index in [9.17, 15) is 13.2 Å². The molecular weight excluding hydrogens is 321 g/mol. The maximum Gasteiger partial charge on any atom is 0.451 e. The summed E-state index contributed by atoms with van der Waals surface area (Å²) in [5.41, 5.74) is 1.09. The summed E-state index contributed by atoms with van der Waals surface area (Å²) < 4.78 is 49.9. The van der Waals surface area contributed by atoms with Gasteiger partial charge in [0.15, 0.2) is 11.5 Å². The van der Waals surface area contributed by atoms with Gasteiger partial charge in [-0.3, -0.25) is 0 Å². The normalized spacial score (nSPS) is 11.5. The predicted molar refractivity (Wildman–Crippen MR) is 82.3 cm³/mol. The molecule has 0 bridgehead atoms. The van der Waals surface area contributed by atoms with Crippen molar-refractivity contribution < 1.29 is 22.6 Å². The summed E-state index contributed by atoms with van der Waals surface area (Å²) in [6, 6.07) is 11.5. The summed E-state index contributed by atoms with van der Waals surface area (Å²) >= 11 is 0. The van der Waals surface area contributed by atoms with Crippen LogP contribution in [0.1, 0.15) is 11.4 Å². The van der Waals surface area contributed by atoms with E-state index in [-0.39, 0.29) is 17.1 Å². The first kappa shape index (κ1) is 16.0. The summed E-state index contributed by atoms with van der Waals surface area (Å²) in [6.45, 7) is 1.87. The van der Waals surface area contributed by atoms with Gasteiger partial charge in [0, 0.05) is 0 Å². The van der Waals surface area contributed by atoms with Gasteiger partial charge in [-0.25, -0.2) is 4.98 Å². The maximum atomic E-state index is 13.0.